The number of aliphatic carboxylic acids is 4. The lowest BCUT2D eigenvalue weighted by Crippen LogP contribution is -2.50. The number of carbonyl (C=O) groups is 5. The van der Waals surface area contributed by atoms with E-state index in [1.807, 2.05) is 0 Å². The van der Waals surface area contributed by atoms with Gasteiger partial charge in [-0.1, -0.05) is 5.11 Å². The van der Waals surface area contributed by atoms with E-state index in [1.54, 1.807) is 0 Å². The Balaban J connectivity index is 5.12. The number of rotatable bonds is 19. The molecule has 1 amide bonds. The number of carboxylic acids is 4. The third-order valence-corrected chi connectivity index (χ3v) is 3.84. The molecule has 1 N–H and O–H groups in total. The van der Waals surface area contributed by atoms with E-state index in [0.717, 1.165) is 9.80 Å². The summed E-state index contributed by atoms with van der Waals surface area (Å²) in [6, 6.07) is 0. The Bertz CT molecular complexity index is 640. The average molecular weight is 457 g/mol. The summed E-state index contributed by atoms with van der Waals surface area (Å²) >= 11 is 0. The normalized spacial score (nSPS) is 10.7. The number of carboxylic acid groups (broad SMARTS) is 4. The van der Waals surface area contributed by atoms with E-state index in [-0.39, 0.29) is 45.8 Å². The fraction of sp³-hybridized carbons (Fsp3) is 0.688. The first-order valence-electron chi connectivity index (χ1n) is 9.27. The van der Waals surface area contributed by atoms with Crippen molar-refractivity contribution in [1.29, 1.82) is 0 Å². The van der Waals surface area contributed by atoms with Crippen molar-refractivity contribution in [2.75, 3.05) is 72.0 Å². The largest absolute Gasteiger partial charge is 0.549 e. The van der Waals surface area contributed by atoms with E-state index in [2.05, 4.69) is 15.3 Å². The molecule has 0 fully saturated rings. The van der Waals surface area contributed by atoms with Crippen LogP contribution in [0.5, 0.6) is 0 Å². The maximum absolute atomic E-state index is 12.1. The smallest absolute Gasteiger partial charge is 0.234 e. The number of azide groups is 1. The van der Waals surface area contributed by atoms with Gasteiger partial charge in [0.2, 0.25) is 5.91 Å². The Morgan fingerprint density at radius 3 is 1.41 bits per heavy atom. The van der Waals surface area contributed by atoms with Gasteiger partial charge in [0.1, 0.15) is 0 Å². The van der Waals surface area contributed by atoms with Crippen molar-refractivity contribution in [2.24, 2.45) is 5.11 Å². The summed E-state index contributed by atoms with van der Waals surface area (Å²) in [6.07, 6.45) is 0. The highest BCUT2D eigenvalue weighted by Crippen LogP contribution is 1.96. The molecular weight excluding hydrogens is 434 g/mol. The number of nitrogens with zero attached hydrogens (tertiary/aromatic N) is 6. The van der Waals surface area contributed by atoms with Gasteiger partial charge < -0.3 is 44.9 Å². The predicted octanol–water partition coefficient (Wildman–Crippen LogP) is -7.68. The molecule has 0 aliphatic carbocycles. The monoisotopic (exact) mass is 457 g/mol. The average Bonchev–Trinajstić information content (AvgIpc) is 2.65. The summed E-state index contributed by atoms with van der Waals surface area (Å²) < 4.78 is 0. The summed E-state index contributed by atoms with van der Waals surface area (Å²) in [7, 11) is 0. The summed E-state index contributed by atoms with van der Waals surface area (Å²) in [6.45, 7) is -3.39. The van der Waals surface area contributed by atoms with Crippen LogP contribution in [0.25, 0.3) is 10.4 Å². The summed E-state index contributed by atoms with van der Waals surface area (Å²) in [5, 5.41) is 48.9. The second-order valence-corrected chi connectivity index (χ2v) is 6.49. The Hall–Kier alpha value is -3.46. The maximum Gasteiger partial charge on any atom is 0.234 e. The van der Waals surface area contributed by atoms with Crippen molar-refractivity contribution in [3.8, 4) is 0 Å². The Morgan fingerprint density at radius 1 is 0.688 bits per heavy atom. The molecular formula is C16H23N7O9-4. The van der Waals surface area contributed by atoms with Gasteiger partial charge in [-0.25, -0.2) is 0 Å². The van der Waals surface area contributed by atoms with Crippen LogP contribution < -0.4 is 25.7 Å². The molecule has 0 unspecified atom stereocenters. The van der Waals surface area contributed by atoms with Crippen LogP contribution in [-0.4, -0.2) is 116 Å². The predicted molar refractivity (Wildman–Crippen MR) is 96.4 cm³/mol. The van der Waals surface area contributed by atoms with E-state index < -0.39 is 56.0 Å². The molecule has 0 aromatic rings. The number of hydrogen-bond acceptors (Lipinski definition) is 13. The minimum Gasteiger partial charge on any atom is -0.549 e. The number of nitrogens with one attached hydrogen (secondary N) is 1. The Morgan fingerprint density at radius 2 is 1.06 bits per heavy atom. The van der Waals surface area contributed by atoms with Gasteiger partial charge in [0.15, 0.2) is 0 Å². The van der Waals surface area contributed by atoms with Crippen molar-refractivity contribution in [3.63, 3.8) is 0 Å². The highest BCUT2D eigenvalue weighted by molar-refractivity contribution is 5.78. The Labute approximate surface area is 182 Å². The fourth-order valence-corrected chi connectivity index (χ4v) is 2.54. The first kappa shape index (κ1) is 28.5. The van der Waals surface area contributed by atoms with Crippen molar-refractivity contribution >= 4 is 29.8 Å². The van der Waals surface area contributed by atoms with E-state index >= 15 is 0 Å². The van der Waals surface area contributed by atoms with Crippen LogP contribution in [0.15, 0.2) is 5.11 Å². The number of amides is 1. The minimum absolute atomic E-state index is 0.00174. The van der Waals surface area contributed by atoms with Crippen LogP contribution in [0.1, 0.15) is 0 Å². The van der Waals surface area contributed by atoms with E-state index in [4.69, 9.17) is 5.53 Å². The topological polar surface area (TPSA) is 248 Å². The van der Waals surface area contributed by atoms with Crippen LogP contribution in [-0.2, 0) is 24.0 Å². The molecule has 0 bridgehead atoms. The third-order valence-electron chi connectivity index (χ3n) is 3.84. The van der Waals surface area contributed by atoms with Gasteiger partial charge in [0.05, 0.1) is 30.4 Å². The molecule has 0 rings (SSSR count). The van der Waals surface area contributed by atoms with Crippen LogP contribution >= 0.6 is 0 Å². The number of hydrogen-bond donors (Lipinski definition) is 1. The molecule has 0 aliphatic heterocycles. The molecule has 0 aromatic heterocycles. The minimum atomic E-state index is -1.53. The molecule has 180 valence electrons. The van der Waals surface area contributed by atoms with Crippen LogP contribution in [0.4, 0.5) is 0 Å². The lowest BCUT2D eigenvalue weighted by atomic mass is 10.3. The molecule has 0 aliphatic rings. The first-order valence-corrected chi connectivity index (χ1v) is 9.27. The molecule has 0 atom stereocenters. The molecule has 16 nitrogen and oxygen atoms in total. The Kier molecular flexibility index (Phi) is 14.5. The molecule has 16 heteroatoms. The van der Waals surface area contributed by atoms with Gasteiger partial charge in [0, 0.05) is 70.4 Å². The maximum atomic E-state index is 12.1. The lowest BCUT2D eigenvalue weighted by molar-refractivity contribution is -0.312. The molecule has 0 aromatic carbocycles. The molecule has 0 saturated carbocycles. The van der Waals surface area contributed by atoms with Gasteiger partial charge in [-0.3, -0.25) is 19.5 Å². The van der Waals surface area contributed by atoms with Crippen molar-refractivity contribution < 1.29 is 44.4 Å². The van der Waals surface area contributed by atoms with Crippen molar-refractivity contribution in [2.45, 2.75) is 0 Å². The van der Waals surface area contributed by atoms with Gasteiger partial charge in [0.25, 0.3) is 0 Å². The summed E-state index contributed by atoms with van der Waals surface area (Å²) in [5.74, 6) is -6.62. The van der Waals surface area contributed by atoms with E-state index in [0.29, 0.717) is 0 Å². The standard InChI is InChI=1S/C16H27N7O9/c17-20-19-2-1-18-12(24)7-21(3-5-22(8-13(25)26)9-14(27)28)4-6-23(10-15(29)30)11-16(31)32/h1-11H2,(H,18,24)(H,25,26)(H,27,28)(H,29,30)(H,31,32)/p-4. The lowest BCUT2D eigenvalue weighted by Gasteiger charge is -2.30. The van der Waals surface area contributed by atoms with Gasteiger partial charge >= 0.3 is 0 Å². The third kappa shape index (κ3) is 16.3. The second-order valence-electron chi connectivity index (χ2n) is 6.49. The van der Waals surface area contributed by atoms with Crippen LogP contribution in [0, 0.1) is 0 Å². The van der Waals surface area contributed by atoms with Crippen molar-refractivity contribution in [3.05, 3.63) is 10.4 Å². The first-order chi connectivity index (χ1) is 15.0. The number of carbonyl (C=O) groups excluding carboxylic acids is 5. The molecule has 0 heterocycles. The zero-order valence-electron chi connectivity index (χ0n) is 17.1. The van der Waals surface area contributed by atoms with E-state index in [9.17, 15) is 44.4 Å². The molecule has 0 radical (unpaired) electrons. The zero-order valence-corrected chi connectivity index (χ0v) is 17.1. The quantitative estimate of drug-likeness (QED) is 0.0821. The molecule has 0 spiro atoms. The van der Waals surface area contributed by atoms with Crippen LogP contribution in [0.2, 0.25) is 0 Å². The van der Waals surface area contributed by atoms with Gasteiger partial charge in [-0.2, -0.15) is 0 Å². The molecule has 0 saturated heterocycles. The zero-order chi connectivity index (χ0) is 24.5. The van der Waals surface area contributed by atoms with Gasteiger partial charge in [-0.15, -0.1) is 0 Å². The highest BCUT2D eigenvalue weighted by Gasteiger charge is 2.15. The summed E-state index contributed by atoms with van der Waals surface area (Å²) in [5.41, 5.74) is 8.21. The second kappa shape index (κ2) is 16.3. The SMILES string of the molecule is [N-]=[N+]=NCCNC(=O)CN(CCN(CC(=O)[O-])CC(=O)[O-])CCN(CC(=O)[O-])CC(=O)[O-]. The van der Waals surface area contributed by atoms with Gasteiger partial charge in [-0.05, 0) is 5.53 Å². The highest BCUT2D eigenvalue weighted by atomic mass is 16.4. The molecule has 32 heavy (non-hydrogen) atoms. The summed E-state index contributed by atoms with van der Waals surface area (Å²) in [4.78, 5) is 61.2. The van der Waals surface area contributed by atoms with Crippen LogP contribution in [0.3, 0.4) is 0 Å². The van der Waals surface area contributed by atoms with Crippen molar-refractivity contribution in [1.82, 2.24) is 20.0 Å². The fourth-order valence-electron chi connectivity index (χ4n) is 2.54. The van der Waals surface area contributed by atoms with E-state index in [1.165, 1.54) is 4.90 Å².